The molecular formula is C21H36N6O2. The van der Waals surface area contributed by atoms with Crippen molar-refractivity contribution in [1.82, 2.24) is 20.0 Å². The molecule has 1 aromatic carbocycles. The first-order valence-corrected chi connectivity index (χ1v) is 10.5. The molecule has 1 aromatic rings. The largest absolute Gasteiger partial charge is 0.348 e. The molecule has 0 aromatic heterocycles. The van der Waals surface area contributed by atoms with Crippen molar-refractivity contribution in [3.63, 3.8) is 0 Å². The molecule has 0 aliphatic carbocycles. The van der Waals surface area contributed by atoms with Crippen molar-refractivity contribution >= 4 is 17.5 Å². The van der Waals surface area contributed by atoms with Gasteiger partial charge >= 0.3 is 11.8 Å². The second-order valence-electron chi connectivity index (χ2n) is 7.79. The van der Waals surface area contributed by atoms with Gasteiger partial charge in [-0.05, 0) is 64.3 Å². The molecule has 0 atom stereocenters. The van der Waals surface area contributed by atoms with Crippen LogP contribution in [0.15, 0.2) is 24.3 Å². The smallest absolute Gasteiger partial charge is 0.313 e. The SMILES string of the molecule is CN(CCCN)CCCNC(=O)C(=O)Nc1cccc(CN2CCN(C)CC2)c1. The molecule has 29 heavy (non-hydrogen) atoms. The summed E-state index contributed by atoms with van der Waals surface area (Å²) in [5.74, 6) is -1.22. The summed E-state index contributed by atoms with van der Waals surface area (Å²) in [6.07, 6.45) is 1.75. The minimum absolute atomic E-state index is 0.475. The zero-order valence-electron chi connectivity index (χ0n) is 17.8. The van der Waals surface area contributed by atoms with Crippen LogP contribution in [0.3, 0.4) is 0 Å². The highest BCUT2D eigenvalue weighted by Crippen LogP contribution is 2.14. The average Bonchev–Trinajstić information content (AvgIpc) is 2.71. The van der Waals surface area contributed by atoms with Crippen molar-refractivity contribution in [2.24, 2.45) is 5.73 Å². The molecule has 162 valence electrons. The summed E-state index contributed by atoms with van der Waals surface area (Å²) >= 11 is 0. The molecule has 2 amide bonds. The van der Waals surface area contributed by atoms with Crippen LogP contribution < -0.4 is 16.4 Å². The molecular weight excluding hydrogens is 368 g/mol. The van der Waals surface area contributed by atoms with Gasteiger partial charge < -0.3 is 26.2 Å². The summed E-state index contributed by atoms with van der Waals surface area (Å²) in [6.45, 7) is 8.01. The lowest BCUT2D eigenvalue weighted by molar-refractivity contribution is -0.136. The number of hydrogen-bond acceptors (Lipinski definition) is 6. The average molecular weight is 405 g/mol. The molecule has 2 rings (SSSR count). The lowest BCUT2D eigenvalue weighted by Gasteiger charge is -2.32. The van der Waals surface area contributed by atoms with E-state index in [1.807, 2.05) is 25.2 Å². The summed E-state index contributed by atoms with van der Waals surface area (Å²) in [5, 5.41) is 5.39. The maximum absolute atomic E-state index is 12.2. The second-order valence-corrected chi connectivity index (χ2v) is 7.79. The van der Waals surface area contributed by atoms with Gasteiger partial charge in [0, 0.05) is 45.0 Å². The van der Waals surface area contributed by atoms with Crippen LogP contribution in [0, 0.1) is 0 Å². The van der Waals surface area contributed by atoms with E-state index in [1.165, 1.54) is 0 Å². The third kappa shape index (κ3) is 8.91. The molecule has 0 spiro atoms. The highest BCUT2D eigenvalue weighted by atomic mass is 16.2. The molecule has 8 heteroatoms. The fourth-order valence-electron chi connectivity index (χ4n) is 3.30. The summed E-state index contributed by atoms with van der Waals surface area (Å²) in [5.41, 5.74) is 7.28. The van der Waals surface area contributed by atoms with Crippen LogP contribution in [0.4, 0.5) is 5.69 Å². The Bertz CT molecular complexity index is 646. The molecule has 1 fully saturated rings. The van der Waals surface area contributed by atoms with E-state index in [-0.39, 0.29) is 0 Å². The van der Waals surface area contributed by atoms with E-state index >= 15 is 0 Å². The number of piperazine rings is 1. The van der Waals surface area contributed by atoms with Gasteiger partial charge in [-0.1, -0.05) is 12.1 Å². The Morgan fingerprint density at radius 1 is 1.10 bits per heavy atom. The highest BCUT2D eigenvalue weighted by molar-refractivity contribution is 6.39. The second kappa shape index (κ2) is 12.5. The number of nitrogens with zero attached hydrogens (tertiary/aromatic N) is 3. The summed E-state index contributed by atoms with van der Waals surface area (Å²) in [6, 6.07) is 7.71. The molecule has 8 nitrogen and oxygen atoms in total. The molecule has 0 radical (unpaired) electrons. The van der Waals surface area contributed by atoms with Gasteiger partial charge in [-0.2, -0.15) is 0 Å². The van der Waals surface area contributed by atoms with E-state index in [9.17, 15) is 9.59 Å². The van der Waals surface area contributed by atoms with E-state index < -0.39 is 11.8 Å². The Kier molecular flexibility index (Phi) is 10.1. The Morgan fingerprint density at radius 2 is 1.83 bits per heavy atom. The van der Waals surface area contributed by atoms with Gasteiger partial charge in [0.05, 0.1) is 0 Å². The first-order chi connectivity index (χ1) is 14.0. The molecule has 0 saturated carbocycles. The number of anilines is 1. The number of nitrogens with two attached hydrogens (primary N) is 1. The number of nitrogens with one attached hydrogen (secondary N) is 2. The standard InChI is InChI=1S/C21H36N6O2/c1-25(10-4-8-22)11-5-9-23-20(28)21(29)24-19-7-3-6-18(16-19)17-27-14-12-26(2)13-15-27/h3,6-7,16H,4-5,8-15,17,22H2,1-2H3,(H,23,28)(H,24,29). The predicted molar refractivity (Wildman–Crippen MR) is 117 cm³/mol. The highest BCUT2D eigenvalue weighted by Gasteiger charge is 2.15. The molecule has 0 bridgehead atoms. The summed E-state index contributed by atoms with van der Waals surface area (Å²) < 4.78 is 0. The van der Waals surface area contributed by atoms with Gasteiger partial charge in [0.2, 0.25) is 0 Å². The van der Waals surface area contributed by atoms with Crippen molar-refractivity contribution in [3.8, 4) is 0 Å². The van der Waals surface area contributed by atoms with Crippen LogP contribution in [0.1, 0.15) is 18.4 Å². The van der Waals surface area contributed by atoms with Crippen LogP contribution in [-0.4, -0.2) is 93.0 Å². The monoisotopic (exact) mass is 404 g/mol. The predicted octanol–water partition coefficient (Wildman–Crippen LogP) is 0.159. The Labute approximate surface area is 174 Å². The van der Waals surface area contributed by atoms with Gasteiger partial charge in [0.15, 0.2) is 0 Å². The molecule has 1 aliphatic heterocycles. The Balaban J connectivity index is 1.71. The van der Waals surface area contributed by atoms with Gasteiger partial charge in [0.25, 0.3) is 0 Å². The molecule has 1 aliphatic rings. The zero-order chi connectivity index (χ0) is 21.1. The van der Waals surface area contributed by atoms with Crippen molar-refractivity contribution < 1.29 is 9.59 Å². The van der Waals surface area contributed by atoms with E-state index in [2.05, 4.69) is 38.4 Å². The fourth-order valence-corrected chi connectivity index (χ4v) is 3.30. The first kappa shape index (κ1) is 23.3. The Hall–Kier alpha value is -2.00. The third-order valence-electron chi connectivity index (χ3n) is 5.14. The van der Waals surface area contributed by atoms with Crippen LogP contribution in [0.25, 0.3) is 0 Å². The van der Waals surface area contributed by atoms with E-state index in [4.69, 9.17) is 5.73 Å². The van der Waals surface area contributed by atoms with Crippen molar-refractivity contribution in [2.75, 3.05) is 71.8 Å². The minimum Gasteiger partial charge on any atom is -0.348 e. The number of hydrogen-bond donors (Lipinski definition) is 3. The van der Waals surface area contributed by atoms with E-state index in [1.54, 1.807) is 0 Å². The zero-order valence-corrected chi connectivity index (χ0v) is 17.8. The van der Waals surface area contributed by atoms with E-state index in [0.717, 1.165) is 64.2 Å². The maximum Gasteiger partial charge on any atom is 0.313 e. The summed E-state index contributed by atoms with van der Waals surface area (Å²) in [4.78, 5) is 31.1. The van der Waals surface area contributed by atoms with Crippen LogP contribution in [-0.2, 0) is 16.1 Å². The number of carbonyl (C=O) groups excluding carboxylic acids is 2. The number of rotatable bonds is 10. The van der Waals surface area contributed by atoms with Gasteiger partial charge in [0.1, 0.15) is 0 Å². The van der Waals surface area contributed by atoms with Crippen LogP contribution in [0.2, 0.25) is 0 Å². The van der Waals surface area contributed by atoms with Gasteiger partial charge in [-0.15, -0.1) is 0 Å². The molecule has 1 heterocycles. The lowest BCUT2D eigenvalue weighted by atomic mass is 10.1. The third-order valence-corrected chi connectivity index (χ3v) is 5.14. The van der Waals surface area contributed by atoms with Crippen molar-refractivity contribution in [1.29, 1.82) is 0 Å². The van der Waals surface area contributed by atoms with Crippen molar-refractivity contribution in [2.45, 2.75) is 19.4 Å². The van der Waals surface area contributed by atoms with E-state index in [0.29, 0.717) is 18.8 Å². The van der Waals surface area contributed by atoms with Crippen LogP contribution >= 0.6 is 0 Å². The fraction of sp³-hybridized carbons (Fsp3) is 0.619. The molecule has 1 saturated heterocycles. The van der Waals surface area contributed by atoms with Crippen LogP contribution in [0.5, 0.6) is 0 Å². The quantitative estimate of drug-likeness (QED) is 0.380. The molecule has 4 N–H and O–H groups in total. The number of carbonyl (C=O) groups is 2. The number of likely N-dealkylation sites (N-methyl/N-ethyl adjacent to an activating group) is 1. The Morgan fingerprint density at radius 3 is 2.55 bits per heavy atom. The first-order valence-electron chi connectivity index (χ1n) is 10.5. The van der Waals surface area contributed by atoms with Gasteiger partial charge in [-0.25, -0.2) is 0 Å². The lowest BCUT2D eigenvalue weighted by Crippen LogP contribution is -2.43. The summed E-state index contributed by atoms with van der Waals surface area (Å²) in [7, 11) is 4.16. The molecule has 0 unspecified atom stereocenters. The number of amides is 2. The topological polar surface area (TPSA) is 93.9 Å². The van der Waals surface area contributed by atoms with Crippen molar-refractivity contribution in [3.05, 3.63) is 29.8 Å². The minimum atomic E-state index is -0.627. The normalized spacial score (nSPS) is 15.4. The maximum atomic E-state index is 12.2. The number of benzene rings is 1. The van der Waals surface area contributed by atoms with Gasteiger partial charge in [-0.3, -0.25) is 14.5 Å².